The number of nitrogens with zero attached hydrogens (tertiary/aromatic N) is 2. The zero-order chi connectivity index (χ0) is 21.1. The van der Waals surface area contributed by atoms with Gasteiger partial charge in [0.2, 0.25) is 0 Å². The van der Waals surface area contributed by atoms with Crippen LogP contribution in [0, 0.1) is 6.92 Å². The molecule has 1 amide bonds. The fourth-order valence-electron chi connectivity index (χ4n) is 3.54. The number of fused-ring (bicyclic) bond motifs is 1. The zero-order valence-corrected chi connectivity index (χ0v) is 16.6. The largest absolute Gasteiger partial charge is 0.508 e. The highest BCUT2D eigenvalue weighted by Gasteiger charge is 2.21. The second-order valence-corrected chi connectivity index (χ2v) is 7.16. The van der Waals surface area contributed by atoms with Crippen molar-refractivity contribution in [2.24, 2.45) is 5.73 Å². The van der Waals surface area contributed by atoms with Crippen molar-refractivity contribution in [3.8, 4) is 17.0 Å². The van der Waals surface area contributed by atoms with E-state index >= 15 is 0 Å². The molecule has 4 aromatic rings. The third-order valence-corrected chi connectivity index (χ3v) is 5.08. The molecule has 0 saturated heterocycles. The zero-order valence-electron chi connectivity index (χ0n) is 16.6. The van der Waals surface area contributed by atoms with Gasteiger partial charge in [-0.05, 0) is 55.8 Å². The van der Waals surface area contributed by atoms with Crippen molar-refractivity contribution in [2.45, 2.75) is 19.4 Å². The monoisotopic (exact) mass is 401 g/mol. The van der Waals surface area contributed by atoms with Gasteiger partial charge in [0.15, 0.2) is 5.65 Å². The lowest BCUT2D eigenvalue weighted by Crippen LogP contribution is -2.30. The third kappa shape index (κ3) is 3.88. The number of phenols is 1. The number of carbonyl (C=O) groups excluding carboxylic acids is 1. The Labute approximate surface area is 174 Å². The van der Waals surface area contributed by atoms with Crippen LogP contribution in [0.15, 0.2) is 60.7 Å². The van der Waals surface area contributed by atoms with Crippen molar-refractivity contribution < 1.29 is 9.90 Å². The Morgan fingerprint density at radius 1 is 1.17 bits per heavy atom. The van der Waals surface area contributed by atoms with Crippen molar-refractivity contribution in [3.05, 3.63) is 77.5 Å². The molecule has 0 bridgehead atoms. The first-order chi connectivity index (χ1) is 14.6. The van der Waals surface area contributed by atoms with E-state index in [-0.39, 0.29) is 17.7 Å². The number of aromatic hydroxyl groups is 1. The van der Waals surface area contributed by atoms with Crippen molar-refractivity contribution in [3.63, 3.8) is 0 Å². The average Bonchev–Trinajstić information content (AvgIpc) is 3.14. The molecule has 0 aliphatic rings. The minimum Gasteiger partial charge on any atom is -0.508 e. The summed E-state index contributed by atoms with van der Waals surface area (Å²) in [5.74, 6) is -0.0462. The number of H-pyrrole nitrogens is 1. The summed E-state index contributed by atoms with van der Waals surface area (Å²) < 4.78 is 0. The number of aromatic nitrogens is 3. The normalized spacial score (nSPS) is 12.1. The van der Waals surface area contributed by atoms with E-state index in [9.17, 15) is 9.90 Å². The van der Waals surface area contributed by atoms with Gasteiger partial charge in [0.25, 0.3) is 5.91 Å². The van der Waals surface area contributed by atoms with Gasteiger partial charge in [-0.25, -0.2) is 4.98 Å². The van der Waals surface area contributed by atoms with Crippen LogP contribution in [0.3, 0.4) is 0 Å². The molecule has 0 radical (unpaired) electrons. The molecule has 7 heteroatoms. The molecular weight excluding hydrogens is 378 g/mol. The van der Waals surface area contributed by atoms with Crippen LogP contribution in [0.25, 0.3) is 22.3 Å². The smallest absolute Gasteiger partial charge is 0.252 e. The van der Waals surface area contributed by atoms with Crippen LogP contribution in [0.5, 0.6) is 5.75 Å². The van der Waals surface area contributed by atoms with Crippen LogP contribution >= 0.6 is 0 Å². The van der Waals surface area contributed by atoms with Crippen molar-refractivity contribution in [1.29, 1.82) is 0 Å². The van der Waals surface area contributed by atoms with E-state index in [4.69, 9.17) is 5.73 Å². The first-order valence-electron chi connectivity index (χ1n) is 9.78. The standard InChI is InChI=1S/C23H23N5O2/c1-14-21-18(23(30)26-19(11-12-24)15-5-3-2-4-6-15)13-20(25-22(21)28-27-14)16-7-9-17(29)10-8-16/h2-10,13,19,29H,11-12,24H2,1H3,(H,26,30)(H,25,27,28). The summed E-state index contributed by atoms with van der Waals surface area (Å²) in [5.41, 5.74) is 9.92. The summed E-state index contributed by atoms with van der Waals surface area (Å²) in [6.45, 7) is 2.32. The average molecular weight is 401 g/mol. The Balaban J connectivity index is 1.75. The minimum absolute atomic E-state index is 0.167. The molecule has 1 atom stereocenters. The molecule has 30 heavy (non-hydrogen) atoms. The second kappa shape index (κ2) is 8.34. The Hall–Kier alpha value is -3.71. The van der Waals surface area contributed by atoms with Crippen LogP contribution in [0.1, 0.15) is 34.1 Å². The molecule has 7 nitrogen and oxygen atoms in total. The first-order valence-corrected chi connectivity index (χ1v) is 9.78. The van der Waals surface area contributed by atoms with Crippen molar-refractivity contribution in [2.75, 3.05) is 6.54 Å². The molecule has 2 heterocycles. The molecule has 4 rings (SSSR count). The number of amides is 1. The number of hydrogen-bond acceptors (Lipinski definition) is 5. The Morgan fingerprint density at radius 2 is 1.90 bits per heavy atom. The SMILES string of the molecule is Cc1[nH]nc2nc(-c3ccc(O)cc3)cc(C(=O)NC(CCN)c3ccccc3)c12. The van der Waals surface area contributed by atoms with E-state index < -0.39 is 0 Å². The number of pyridine rings is 1. The molecule has 0 spiro atoms. The lowest BCUT2D eigenvalue weighted by atomic mass is 10.0. The Morgan fingerprint density at radius 3 is 2.60 bits per heavy atom. The van der Waals surface area contributed by atoms with Crippen LogP contribution < -0.4 is 11.1 Å². The number of aromatic amines is 1. The summed E-state index contributed by atoms with van der Waals surface area (Å²) in [7, 11) is 0. The van der Waals surface area contributed by atoms with Crippen molar-refractivity contribution in [1.82, 2.24) is 20.5 Å². The quantitative estimate of drug-likeness (QED) is 0.395. The maximum Gasteiger partial charge on any atom is 0.252 e. The van der Waals surface area contributed by atoms with E-state index in [1.807, 2.05) is 37.3 Å². The molecule has 2 aromatic heterocycles. The minimum atomic E-state index is -0.214. The number of hydrogen-bond donors (Lipinski definition) is 4. The van der Waals surface area contributed by atoms with E-state index in [0.717, 1.165) is 16.8 Å². The van der Waals surface area contributed by atoms with Gasteiger partial charge in [-0.3, -0.25) is 9.89 Å². The van der Waals surface area contributed by atoms with Gasteiger partial charge < -0.3 is 16.2 Å². The second-order valence-electron chi connectivity index (χ2n) is 7.16. The molecule has 1 unspecified atom stereocenters. The van der Waals surface area contributed by atoms with Crippen LogP contribution in [-0.2, 0) is 0 Å². The van der Waals surface area contributed by atoms with Crippen LogP contribution in [0.2, 0.25) is 0 Å². The highest BCUT2D eigenvalue weighted by atomic mass is 16.3. The predicted octanol–water partition coefficient (Wildman–Crippen LogP) is 3.46. The van der Waals surface area contributed by atoms with Crippen LogP contribution in [0.4, 0.5) is 0 Å². The number of aryl methyl sites for hydroxylation is 1. The number of phenolic OH excluding ortho intramolecular Hbond substituents is 1. The van der Waals surface area contributed by atoms with Gasteiger partial charge in [0.05, 0.1) is 22.7 Å². The van der Waals surface area contributed by atoms with E-state index in [1.54, 1.807) is 30.3 Å². The highest BCUT2D eigenvalue weighted by Crippen LogP contribution is 2.27. The molecule has 152 valence electrons. The maximum absolute atomic E-state index is 13.3. The molecule has 0 aliphatic heterocycles. The number of benzene rings is 2. The van der Waals surface area contributed by atoms with Gasteiger partial charge in [0.1, 0.15) is 5.75 Å². The molecule has 5 N–H and O–H groups in total. The Bertz CT molecular complexity index is 1170. The lowest BCUT2D eigenvalue weighted by Gasteiger charge is -2.19. The number of nitrogens with one attached hydrogen (secondary N) is 2. The molecule has 0 fully saturated rings. The summed E-state index contributed by atoms with van der Waals surface area (Å²) in [5, 5.41) is 20.5. The fourth-order valence-corrected chi connectivity index (χ4v) is 3.54. The molecule has 0 saturated carbocycles. The van der Waals surface area contributed by atoms with E-state index in [0.29, 0.717) is 35.3 Å². The van der Waals surface area contributed by atoms with Gasteiger partial charge in [-0.2, -0.15) is 5.10 Å². The van der Waals surface area contributed by atoms with Crippen LogP contribution in [-0.4, -0.2) is 32.7 Å². The summed E-state index contributed by atoms with van der Waals surface area (Å²) in [6, 6.07) is 18.0. The number of nitrogens with two attached hydrogens (primary N) is 1. The lowest BCUT2D eigenvalue weighted by molar-refractivity contribution is 0.0936. The summed E-state index contributed by atoms with van der Waals surface area (Å²) >= 11 is 0. The number of carbonyl (C=O) groups is 1. The number of rotatable bonds is 6. The fraction of sp³-hybridized carbons (Fsp3) is 0.174. The molecular formula is C23H23N5O2. The molecule has 2 aromatic carbocycles. The predicted molar refractivity (Wildman–Crippen MR) is 116 cm³/mol. The van der Waals surface area contributed by atoms with E-state index in [1.165, 1.54) is 0 Å². The highest BCUT2D eigenvalue weighted by molar-refractivity contribution is 6.07. The van der Waals surface area contributed by atoms with Gasteiger partial charge in [-0.15, -0.1) is 0 Å². The van der Waals surface area contributed by atoms with E-state index in [2.05, 4.69) is 20.5 Å². The maximum atomic E-state index is 13.3. The first kappa shape index (κ1) is 19.6. The van der Waals surface area contributed by atoms with Gasteiger partial charge >= 0.3 is 0 Å². The van der Waals surface area contributed by atoms with Crippen molar-refractivity contribution >= 4 is 16.9 Å². The Kier molecular flexibility index (Phi) is 5.45. The molecule has 0 aliphatic carbocycles. The summed E-state index contributed by atoms with van der Waals surface area (Å²) in [6.07, 6.45) is 0.624. The summed E-state index contributed by atoms with van der Waals surface area (Å²) in [4.78, 5) is 17.9. The topological polar surface area (TPSA) is 117 Å². The third-order valence-electron chi connectivity index (χ3n) is 5.08. The van der Waals surface area contributed by atoms with Gasteiger partial charge in [-0.1, -0.05) is 30.3 Å². The van der Waals surface area contributed by atoms with Gasteiger partial charge in [0, 0.05) is 11.3 Å².